The molecular formula is C17H16N2O. The largest absolute Gasteiger partial charge is 0.457 e. The number of hydrogen-bond donors (Lipinski definition) is 1. The zero-order valence-electron chi connectivity index (χ0n) is 11.6. The number of ether oxygens (including phenoxy) is 1. The lowest BCUT2D eigenvalue weighted by atomic mass is 10.2. The van der Waals surface area contributed by atoms with Crippen LogP contribution in [0.2, 0.25) is 0 Å². The van der Waals surface area contributed by atoms with E-state index in [4.69, 9.17) is 4.74 Å². The number of aryl methyl sites for hydroxylation is 1. The average molecular weight is 264 g/mol. The second-order valence-corrected chi connectivity index (χ2v) is 4.72. The van der Waals surface area contributed by atoms with Gasteiger partial charge in [-0.05, 0) is 49.4 Å². The Labute approximate surface area is 118 Å². The highest BCUT2D eigenvalue weighted by molar-refractivity contribution is 5.81. The Bertz CT molecular complexity index is 736. The standard InChI is InChI=1S/C17H16N2O/c1-12-3-6-14(7-4-12)20-15-8-9-16-13(11-15)5-10-17(18-2)19-16/h3-11H,1-2H3,(H,18,19). The Morgan fingerprint density at radius 2 is 1.65 bits per heavy atom. The molecule has 0 aliphatic rings. The molecule has 1 aromatic heterocycles. The van der Waals surface area contributed by atoms with E-state index in [0.717, 1.165) is 28.2 Å². The van der Waals surface area contributed by atoms with Crippen molar-refractivity contribution in [1.29, 1.82) is 0 Å². The Kier molecular flexibility index (Phi) is 3.25. The number of benzene rings is 2. The predicted octanol–water partition coefficient (Wildman–Crippen LogP) is 4.38. The maximum absolute atomic E-state index is 5.85. The molecule has 2 aromatic carbocycles. The summed E-state index contributed by atoms with van der Waals surface area (Å²) in [6, 6.07) is 17.9. The summed E-state index contributed by atoms with van der Waals surface area (Å²) in [5.41, 5.74) is 2.17. The summed E-state index contributed by atoms with van der Waals surface area (Å²) in [6.45, 7) is 2.06. The van der Waals surface area contributed by atoms with Gasteiger partial charge in [0, 0.05) is 12.4 Å². The number of pyridine rings is 1. The fourth-order valence-corrected chi connectivity index (χ4v) is 2.05. The molecule has 3 aromatic rings. The number of hydrogen-bond acceptors (Lipinski definition) is 3. The molecule has 3 heteroatoms. The van der Waals surface area contributed by atoms with Crippen LogP contribution in [0, 0.1) is 6.92 Å². The Hall–Kier alpha value is -2.55. The van der Waals surface area contributed by atoms with E-state index >= 15 is 0 Å². The number of anilines is 1. The minimum Gasteiger partial charge on any atom is -0.457 e. The minimum absolute atomic E-state index is 0.820. The van der Waals surface area contributed by atoms with Crippen LogP contribution in [-0.4, -0.2) is 12.0 Å². The van der Waals surface area contributed by atoms with Crippen LogP contribution >= 0.6 is 0 Å². The van der Waals surface area contributed by atoms with E-state index in [1.165, 1.54) is 5.56 Å². The molecule has 0 aliphatic heterocycles. The van der Waals surface area contributed by atoms with Crippen molar-refractivity contribution in [2.75, 3.05) is 12.4 Å². The molecule has 1 heterocycles. The third-order valence-electron chi connectivity index (χ3n) is 3.17. The first-order valence-electron chi connectivity index (χ1n) is 6.58. The van der Waals surface area contributed by atoms with Gasteiger partial charge >= 0.3 is 0 Å². The van der Waals surface area contributed by atoms with Gasteiger partial charge in [-0.1, -0.05) is 17.7 Å². The van der Waals surface area contributed by atoms with Gasteiger partial charge in [0.2, 0.25) is 0 Å². The molecule has 0 bridgehead atoms. The molecule has 3 nitrogen and oxygen atoms in total. The molecular weight excluding hydrogens is 248 g/mol. The first kappa shape index (κ1) is 12.5. The SMILES string of the molecule is CNc1ccc2cc(Oc3ccc(C)cc3)ccc2n1. The van der Waals surface area contributed by atoms with E-state index in [0.29, 0.717) is 0 Å². The van der Waals surface area contributed by atoms with Gasteiger partial charge in [-0.2, -0.15) is 0 Å². The van der Waals surface area contributed by atoms with Crippen LogP contribution in [0.1, 0.15) is 5.56 Å². The minimum atomic E-state index is 0.820. The highest BCUT2D eigenvalue weighted by Crippen LogP contribution is 2.25. The summed E-state index contributed by atoms with van der Waals surface area (Å²) in [4.78, 5) is 4.49. The molecule has 100 valence electrons. The molecule has 0 radical (unpaired) electrons. The lowest BCUT2D eigenvalue weighted by Crippen LogP contribution is -1.92. The van der Waals surface area contributed by atoms with Gasteiger partial charge in [0.1, 0.15) is 17.3 Å². The van der Waals surface area contributed by atoms with Crippen LogP contribution in [0.4, 0.5) is 5.82 Å². The van der Waals surface area contributed by atoms with Crippen LogP contribution in [0.25, 0.3) is 10.9 Å². The third-order valence-corrected chi connectivity index (χ3v) is 3.17. The highest BCUT2D eigenvalue weighted by atomic mass is 16.5. The van der Waals surface area contributed by atoms with Gasteiger partial charge in [0.25, 0.3) is 0 Å². The molecule has 3 rings (SSSR count). The maximum Gasteiger partial charge on any atom is 0.128 e. The van der Waals surface area contributed by atoms with Crippen LogP contribution in [-0.2, 0) is 0 Å². The van der Waals surface area contributed by atoms with Gasteiger partial charge < -0.3 is 10.1 Å². The second-order valence-electron chi connectivity index (χ2n) is 4.72. The van der Waals surface area contributed by atoms with E-state index < -0.39 is 0 Å². The van der Waals surface area contributed by atoms with Crippen molar-refractivity contribution in [2.45, 2.75) is 6.92 Å². The maximum atomic E-state index is 5.85. The molecule has 0 fully saturated rings. The highest BCUT2D eigenvalue weighted by Gasteiger charge is 2.01. The molecule has 0 saturated heterocycles. The van der Waals surface area contributed by atoms with Gasteiger partial charge in [-0.15, -0.1) is 0 Å². The van der Waals surface area contributed by atoms with Crippen molar-refractivity contribution in [3.63, 3.8) is 0 Å². The Balaban J connectivity index is 1.90. The van der Waals surface area contributed by atoms with E-state index in [1.54, 1.807) is 0 Å². The normalized spacial score (nSPS) is 10.5. The van der Waals surface area contributed by atoms with E-state index in [-0.39, 0.29) is 0 Å². The molecule has 0 spiro atoms. The molecule has 0 atom stereocenters. The Morgan fingerprint density at radius 3 is 2.40 bits per heavy atom. The van der Waals surface area contributed by atoms with Crippen molar-refractivity contribution >= 4 is 16.7 Å². The summed E-state index contributed by atoms with van der Waals surface area (Å²) in [7, 11) is 1.86. The van der Waals surface area contributed by atoms with Gasteiger partial charge in [0.05, 0.1) is 5.52 Å². The summed E-state index contributed by atoms with van der Waals surface area (Å²) < 4.78 is 5.85. The third kappa shape index (κ3) is 2.57. The summed E-state index contributed by atoms with van der Waals surface area (Å²) in [6.07, 6.45) is 0. The quantitative estimate of drug-likeness (QED) is 0.762. The molecule has 0 amide bonds. The van der Waals surface area contributed by atoms with E-state index in [9.17, 15) is 0 Å². The van der Waals surface area contributed by atoms with Crippen molar-refractivity contribution in [3.8, 4) is 11.5 Å². The summed E-state index contributed by atoms with van der Waals surface area (Å²) >= 11 is 0. The zero-order valence-corrected chi connectivity index (χ0v) is 11.6. The van der Waals surface area contributed by atoms with Crippen molar-refractivity contribution in [3.05, 3.63) is 60.2 Å². The fraction of sp³-hybridized carbons (Fsp3) is 0.118. The summed E-state index contributed by atoms with van der Waals surface area (Å²) in [5, 5.41) is 4.10. The van der Waals surface area contributed by atoms with Gasteiger partial charge in [-0.25, -0.2) is 4.98 Å². The molecule has 0 aliphatic carbocycles. The number of rotatable bonds is 3. The predicted molar refractivity (Wildman–Crippen MR) is 82.5 cm³/mol. The van der Waals surface area contributed by atoms with Crippen LogP contribution in [0.3, 0.4) is 0 Å². The molecule has 0 saturated carbocycles. The van der Waals surface area contributed by atoms with Crippen molar-refractivity contribution in [2.24, 2.45) is 0 Å². The van der Waals surface area contributed by atoms with Crippen molar-refractivity contribution in [1.82, 2.24) is 4.98 Å². The lowest BCUT2D eigenvalue weighted by Gasteiger charge is -2.07. The molecule has 1 N–H and O–H groups in total. The fourth-order valence-electron chi connectivity index (χ4n) is 2.05. The van der Waals surface area contributed by atoms with Crippen LogP contribution < -0.4 is 10.1 Å². The second kappa shape index (κ2) is 5.21. The van der Waals surface area contributed by atoms with E-state index in [2.05, 4.69) is 17.2 Å². The first-order chi connectivity index (χ1) is 9.74. The first-order valence-corrected chi connectivity index (χ1v) is 6.58. The van der Waals surface area contributed by atoms with Gasteiger partial charge in [-0.3, -0.25) is 0 Å². The lowest BCUT2D eigenvalue weighted by molar-refractivity contribution is 0.483. The number of fused-ring (bicyclic) bond motifs is 1. The summed E-state index contributed by atoms with van der Waals surface area (Å²) in [5.74, 6) is 2.53. The number of aromatic nitrogens is 1. The smallest absolute Gasteiger partial charge is 0.128 e. The zero-order chi connectivity index (χ0) is 13.9. The van der Waals surface area contributed by atoms with E-state index in [1.807, 2.05) is 61.6 Å². The Morgan fingerprint density at radius 1 is 0.900 bits per heavy atom. The number of nitrogens with zero attached hydrogens (tertiary/aromatic N) is 1. The van der Waals surface area contributed by atoms with Crippen LogP contribution in [0.5, 0.6) is 11.5 Å². The monoisotopic (exact) mass is 264 g/mol. The molecule has 20 heavy (non-hydrogen) atoms. The molecule has 0 unspecified atom stereocenters. The van der Waals surface area contributed by atoms with Gasteiger partial charge in [0.15, 0.2) is 0 Å². The topological polar surface area (TPSA) is 34.1 Å². The van der Waals surface area contributed by atoms with Crippen LogP contribution in [0.15, 0.2) is 54.6 Å². The number of nitrogens with one attached hydrogen (secondary N) is 1. The average Bonchev–Trinajstić information content (AvgIpc) is 2.49. The van der Waals surface area contributed by atoms with Crippen molar-refractivity contribution < 1.29 is 4.74 Å².